The van der Waals surface area contributed by atoms with E-state index in [4.69, 9.17) is 4.74 Å². The maximum Gasteiger partial charge on any atom is 0.151 e. The summed E-state index contributed by atoms with van der Waals surface area (Å²) in [7, 11) is 0. The van der Waals surface area contributed by atoms with Gasteiger partial charge in [0.2, 0.25) is 0 Å². The SMILES string of the molecule is CCCC(=O)C1C(=O)CC(COC(C)(C)C)CC1=O. The van der Waals surface area contributed by atoms with Crippen molar-refractivity contribution in [1.82, 2.24) is 0 Å². The second kappa shape index (κ2) is 6.42. The number of carbonyl (C=O) groups excluding carboxylic acids is 3. The standard InChI is InChI=1S/C15H24O4/c1-5-6-11(16)14-12(17)7-10(8-13(14)18)9-19-15(2,3)4/h10,14H,5-9H2,1-4H3. The largest absolute Gasteiger partial charge is 0.376 e. The molecule has 0 aromatic heterocycles. The minimum absolute atomic E-state index is 0.0788. The van der Waals surface area contributed by atoms with Crippen LogP contribution in [0, 0.1) is 11.8 Å². The molecule has 1 aliphatic carbocycles. The van der Waals surface area contributed by atoms with Gasteiger partial charge in [0.1, 0.15) is 5.92 Å². The van der Waals surface area contributed by atoms with E-state index in [1.165, 1.54) is 0 Å². The lowest BCUT2D eigenvalue weighted by atomic mass is 9.77. The molecule has 1 rings (SSSR count). The Balaban J connectivity index is 2.59. The highest BCUT2D eigenvalue weighted by molar-refractivity contribution is 6.20. The second-order valence-electron chi connectivity index (χ2n) is 6.28. The van der Waals surface area contributed by atoms with Crippen molar-refractivity contribution in [2.75, 3.05) is 6.61 Å². The van der Waals surface area contributed by atoms with Crippen molar-refractivity contribution in [1.29, 1.82) is 0 Å². The monoisotopic (exact) mass is 268 g/mol. The number of rotatable bonds is 5. The molecule has 4 nitrogen and oxygen atoms in total. The van der Waals surface area contributed by atoms with Gasteiger partial charge in [0.15, 0.2) is 17.3 Å². The van der Waals surface area contributed by atoms with E-state index in [0.29, 0.717) is 19.4 Å². The Hall–Kier alpha value is -1.03. The van der Waals surface area contributed by atoms with Crippen molar-refractivity contribution in [2.24, 2.45) is 11.8 Å². The van der Waals surface area contributed by atoms with Gasteiger partial charge in [-0.3, -0.25) is 14.4 Å². The molecule has 0 aliphatic heterocycles. The molecule has 0 amide bonds. The van der Waals surface area contributed by atoms with E-state index in [2.05, 4.69) is 0 Å². The van der Waals surface area contributed by atoms with Crippen molar-refractivity contribution in [3.05, 3.63) is 0 Å². The highest BCUT2D eigenvalue weighted by atomic mass is 16.5. The van der Waals surface area contributed by atoms with Crippen LogP contribution in [0.5, 0.6) is 0 Å². The molecule has 0 N–H and O–H groups in total. The maximum absolute atomic E-state index is 12.0. The van der Waals surface area contributed by atoms with E-state index in [1.54, 1.807) is 0 Å². The average molecular weight is 268 g/mol. The molecule has 108 valence electrons. The molecular formula is C15H24O4. The molecule has 1 fully saturated rings. The van der Waals surface area contributed by atoms with Crippen molar-refractivity contribution < 1.29 is 19.1 Å². The van der Waals surface area contributed by atoms with Crippen LogP contribution in [0.1, 0.15) is 53.4 Å². The summed E-state index contributed by atoms with van der Waals surface area (Å²) in [4.78, 5) is 35.7. The molecule has 1 saturated carbocycles. The molecule has 0 saturated heterocycles. The van der Waals surface area contributed by atoms with Gasteiger partial charge in [-0.25, -0.2) is 0 Å². The first kappa shape index (κ1) is 16.0. The van der Waals surface area contributed by atoms with Crippen LogP contribution in [0.15, 0.2) is 0 Å². The van der Waals surface area contributed by atoms with E-state index < -0.39 is 5.92 Å². The summed E-state index contributed by atoms with van der Waals surface area (Å²) >= 11 is 0. The van der Waals surface area contributed by atoms with Gasteiger partial charge >= 0.3 is 0 Å². The third-order valence-electron chi connectivity index (χ3n) is 3.19. The van der Waals surface area contributed by atoms with Gasteiger partial charge in [-0.1, -0.05) is 6.92 Å². The zero-order valence-corrected chi connectivity index (χ0v) is 12.3. The molecular weight excluding hydrogens is 244 g/mol. The summed E-state index contributed by atoms with van der Waals surface area (Å²) in [6.07, 6.45) is 1.54. The molecule has 1 aliphatic rings. The van der Waals surface area contributed by atoms with Crippen molar-refractivity contribution in [3.63, 3.8) is 0 Å². The molecule has 0 radical (unpaired) electrons. The molecule has 0 bridgehead atoms. The smallest absolute Gasteiger partial charge is 0.151 e. The van der Waals surface area contributed by atoms with Gasteiger partial charge in [-0.2, -0.15) is 0 Å². The zero-order valence-electron chi connectivity index (χ0n) is 12.3. The minimum Gasteiger partial charge on any atom is -0.376 e. The lowest BCUT2D eigenvalue weighted by Gasteiger charge is -2.28. The summed E-state index contributed by atoms with van der Waals surface area (Å²) < 4.78 is 5.62. The molecule has 4 heteroatoms. The van der Waals surface area contributed by atoms with Crippen LogP contribution in [0.4, 0.5) is 0 Å². The molecule has 0 spiro atoms. The number of ether oxygens (including phenoxy) is 1. The quantitative estimate of drug-likeness (QED) is 0.718. The highest BCUT2D eigenvalue weighted by Crippen LogP contribution is 2.26. The molecule has 0 atom stereocenters. The third-order valence-corrected chi connectivity index (χ3v) is 3.19. The fourth-order valence-electron chi connectivity index (χ4n) is 2.29. The van der Waals surface area contributed by atoms with Gasteiger partial charge in [0.25, 0.3) is 0 Å². The first-order valence-corrected chi connectivity index (χ1v) is 6.96. The van der Waals surface area contributed by atoms with E-state index >= 15 is 0 Å². The number of Topliss-reactive ketones (excluding diaryl/α,β-unsaturated/α-hetero) is 3. The molecule has 0 heterocycles. The predicted octanol–water partition coefficient (Wildman–Crippen LogP) is 2.34. The van der Waals surface area contributed by atoms with Gasteiger partial charge in [-0.05, 0) is 33.1 Å². The fraction of sp³-hybridized carbons (Fsp3) is 0.800. The number of hydrogen-bond donors (Lipinski definition) is 0. The lowest BCUT2D eigenvalue weighted by molar-refractivity contribution is -0.145. The molecule has 0 unspecified atom stereocenters. The van der Waals surface area contributed by atoms with Crippen LogP contribution in [0.25, 0.3) is 0 Å². The maximum atomic E-state index is 12.0. The van der Waals surface area contributed by atoms with Crippen molar-refractivity contribution >= 4 is 17.3 Å². The Morgan fingerprint density at radius 3 is 2.16 bits per heavy atom. The van der Waals surface area contributed by atoms with Crippen LogP contribution in [0.3, 0.4) is 0 Å². The van der Waals surface area contributed by atoms with Gasteiger partial charge in [0, 0.05) is 19.3 Å². The van der Waals surface area contributed by atoms with Gasteiger partial charge in [-0.15, -0.1) is 0 Å². The first-order chi connectivity index (χ1) is 8.74. The van der Waals surface area contributed by atoms with Gasteiger partial charge < -0.3 is 4.74 Å². The summed E-state index contributed by atoms with van der Waals surface area (Å²) in [5, 5.41) is 0. The van der Waals surface area contributed by atoms with E-state index in [0.717, 1.165) is 0 Å². The Morgan fingerprint density at radius 1 is 1.21 bits per heavy atom. The third kappa shape index (κ3) is 4.86. The minimum atomic E-state index is -0.995. The van der Waals surface area contributed by atoms with Crippen molar-refractivity contribution in [2.45, 2.75) is 59.0 Å². The summed E-state index contributed by atoms with van der Waals surface area (Å²) in [6, 6.07) is 0. The van der Waals surface area contributed by atoms with Crippen LogP contribution in [-0.2, 0) is 19.1 Å². The normalized spacial score (nSPS) is 24.6. The van der Waals surface area contributed by atoms with Crippen LogP contribution < -0.4 is 0 Å². The van der Waals surface area contributed by atoms with E-state index in [9.17, 15) is 14.4 Å². The van der Waals surface area contributed by atoms with E-state index in [-0.39, 0.29) is 41.7 Å². The second-order valence-corrected chi connectivity index (χ2v) is 6.28. The van der Waals surface area contributed by atoms with Gasteiger partial charge in [0.05, 0.1) is 12.2 Å². The summed E-state index contributed by atoms with van der Waals surface area (Å²) in [6.45, 7) is 8.08. The molecule has 0 aromatic carbocycles. The predicted molar refractivity (Wildman–Crippen MR) is 71.8 cm³/mol. The number of carbonyl (C=O) groups is 3. The van der Waals surface area contributed by atoms with Crippen LogP contribution >= 0.6 is 0 Å². The average Bonchev–Trinajstić information content (AvgIpc) is 2.25. The highest BCUT2D eigenvalue weighted by Gasteiger charge is 2.39. The van der Waals surface area contributed by atoms with Crippen LogP contribution in [0.2, 0.25) is 0 Å². The summed E-state index contributed by atoms with van der Waals surface area (Å²) in [5.74, 6) is -1.74. The molecule has 19 heavy (non-hydrogen) atoms. The number of ketones is 3. The van der Waals surface area contributed by atoms with Crippen LogP contribution in [-0.4, -0.2) is 29.6 Å². The first-order valence-electron chi connectivity index (χ1n) is 6.96. The Kier molecular flexibility index (Phi) is 5.41. The Morgan fingerprint density at radius 2 is 1.74 bits per heavy atom. The Labute approximate surface area is 114 Å². The Bertz CT molecular complexity index is 347. The van der Waals surface area contributed by atoms with Crippen molar-refractivity contribution in [3.8, 4) is 0 Å². The van der Waals surface area contributed by atoms with E-state index in [1.807, 2.05) is 27.7 Å². The number of hydrogen-bond acceptors (Lipinski definition) is 4. The lowest BCUT2D eigenvalue weighted by Crippen LogP contribution is -2.40. The topological polar surface area (TPSA) is 60.4 Å². The zero-order chi connectivity index (χ0) is 14.6. The summed E-state index contributed by atoms with van der Waals surface area (Å²) in [5.41, 5.74) is -0.277. The molecule has 0 aromatic rings. The fourth-order valence-corrected chi connectivity index (χ4v) is 2.29.